The predicted molar refractivity (Wildman–Crippen MR) is 77.7 cm³/mol. The number of piperidine rings is 1. The zero-order valence-electron chi connectivity index (χ0n) is 12.5. The maximum atomic E-state index is 12.0. The zero-order chi connectivity index (χ0) is 15.0. The van der Waals surface area contributed by atoms with E-state index in [4.69, 9.17) is 5.11 Å². The van der Waals surface area contributed by atoms with Crippen molar-refractivity contribution in [3.05, 3.63) is 0 Å². The molecule has 0 bridgehead atoms. The van der Waals surface area contributed by atoms with Gasteiger partial charge in [0.05, 0.1) is 0 Å². The van der Waals surface area contributed by atoms with Crippen LogP contribution in [0.5, 0.6) is 0 Å². The molecule has 20 heavy (non-hydrogen) atoms. The molecular formula is C14H27N3O3. The van der Waals surface area contributed by atoms with Gasteiger partial charge in [0.15, 0.2) is 0 Å². The highest BCUT2D eigenvalue weighted by Crippen LogP contribution is 2.26. The van der Waals surface area contributed by atoms with Crippen molar-refractivity contribution in [3.8, 4) is 0 Å². The van der Waals surface area contributed by atoms with Crippen LogP contribution in [-0.4, -0.2) is 55.2 Å². The summed E-state index contributed by atoms with van der Waals surface area (Å²) in [4.78, 5) is 24.6. The topological polar surface area (TPSA) is 81.7 Å². The number of amides is 2. The van der Waals surface area contributed by atoms with Crippen molar-refractivity contribution in [2.45, 2.75) is 32.6 Å². The van der Waals surface area contributed by atoms with E-state index in [2.05, 4.69) is 10.6 Å². The van der Waals surface area contributed by atoms with E-state index in [1.165, 1.54) is 0 Å². The third-order valence-corrected chi connectivity index (χ3v) is 3.93. The lowest BCUT2D eigenvalue weighted by atomic mass is 9.85. The molecule has 6 nitrogen and oxygen atoms in total. The average Bonchev–Trinajstić information content (AvgIpc) is 2.43. The first kappa shape index (κ1) is 16.8. The number of hydrogen-bond donors (Lipinski definition) is 3. The van der Waals surface area contributed by atoms with Crippen LogP contribution in [0.3, 0.4) is 0 Å². The molecule has 6 heteroatoms. The van der Waals surface area contributed by atoms with E-state index in [1.807, 2.05) is 18.9 Å². The van der Waals surface area contributed by atoms with Crippen molar-refractivity contribution < 1.29 is 14.7 Å². The van der Waals surface area contributed by atoms with Gasteiger partial charge in [-0.2, -0.15) is 0 Å². The number of carbonyl (C=O) groups excluding carboxylic acids is 1. The van der Waals surface area contributed by atoms with Gasteiger partial charge in [-0.15, -0.1) is 0 Å². The number of carboxylic acids is 1. The Morgan fingerprint density at radius 2 is 2.15 bits per heavy atom. The summed E-state index contributed by atoms with van der Waals surface area (Å²) >= 11 is 0. The van der Waals surface area contributed by atoms with Crippen molar-refractivity contribution in [3.63, 3.8) is 0 Å². The standard InChI is InChI=1S/C14H27N3O3/c1-11(9-13(18)19)12-5-3-8-17(10-12)14(20)16-7-4-6-15-2/h11-12,15H,3-10H2,1-2H3,(H,16,20)(H,18,19). The number of nitrogens with one attached hydrogen (secondary N) is 2. The van der Waals surface area contributed by atoms with Gasteiger partial charge >= 0.3 is 12.0 Å². The number of carboxylic acid groups (broad SMARTS) is 1. The van der Waals surface area contributed by atoms with Crippen molar-refractivity contribution in [1.82, 2.24) is 15.5 Å². The number of nitrogens with zero attached hydrogens (tertiary/aromatic N) is 1. The van der Waals surface area contributed by atoms with Gasteiger partial charge in [-0.05, 0) is 44.7 Å². The number of rotatable bonds is 7. The van der Waals surface area contributed by atoms with E-state index >= 15 is 0 Å². The maximum Gasteiger partial charge on any atom is 0.317 e. The van der Waals surface area contributed by atoms with Gasteiger partial charge in [-0.1, -0.05) is 6.92 Å². The Morgan fingerprint density at radius 1 is 1.40 bits per heavy atom. The van der Waals surface area contributed by atoms with Crippen molar-refractivity contribution in [2.75, 3.05) is 33.2 Å². The Morgan fingerprint density at radius 3 is 2.80 bits per heavy atom. The fourth-order valence-electron chi connectivity index (χ4n) is 2.67. The summed E-state index contributed by atoms with van der Waals surface area (Å²) in [5.41, 5.74) is 0. The molecule has 1 saturated heterocycles. The highest BCUT2D eigenvalue weighted by atomic mass is 16.4. The Bertz CT molecular complexity index is 323. The Labute approximate surface area is 120 Å². The van der Waals surface area contributed by atoms with Crippen molar-refractivity contribution >= 4 is 12.0 Å². The first-order valence-corrected chi connectivity index (χ1v) is 7.43. The lowest BCUT2D eigenvalue weighted by molar-refractivity contribution is -0.138. The third-order valence-electron chi connectivity index (χ3n) is 3.93. The quantitative estimate of drug-likeness (QED) is 0.612. The molecule has 0 aromatic heterocycles. The van der Waals surface area contributed by atoms with E-state index in [9.17, 15) is 9.59 Å². The highest BCUT2D eigenvalue weighted by Gasteiger charge is 2.28. The lowest BCUT2D eigenvalue weighted by Gasteiger charge is -2.35. The molecule has 1 heterocycles. The van der Waals surface area contributed by atoms with E-state index < -0.39 is 5.97 Å². The number of hydrogen-bond acceptors (Lipinski definition) is 3. The zero-order valence-corrected chi connectivity index (χ0v) is 12.5. The molecule has 0 radical (unpaired) electrons. The van der Waals surface area contributed by atoms with Crippen LogP contribution < -0.4 is 10.6 Å². The normalized spacial score (nSPS) is 20.5. The molecule has 2 amide bonds. The second kappa shape index (κ2) is 8.79. The Balaban J connectivity index is 2.35. The molecule has 0 spiro atoms. The molecule has 0 aliphatic carbocycles. The highest BCUT2D eigenvalue weighted by molar-refractivity contribution is 5.74. The molecule has 0 aromatic rings. The van der Waals surface area contributed by atoms with Crippen LogP contribution in [0.2, 0.25) is 0 Å². The van der Waals surface area contributed by atoms with E-state index in [-0.39, 0.29) is 18.4 Å². The van der Waals surface area contributed by atoms with Gasteiger partial charge in [-0.3, -0.25) is 4.79 Å². The number of carbonyl (C=O) groups is 2. The second-order valence-electron chi connectivity index (χ2n) is 5.61. The molecule has 3 N–H and O–H groups in total. The van der Waals surface area contributed by atoms with Crippen molar-refractivity contribution in [1.29, 1.82) is 0 Å². The lowest BCUT2D eigenvalue weighted by Crippen LogP contribution is -2.47. The minimum atomic E-state index is -0.758. The van der Waals surface area contributed by atoms with E-state index in [1.54, 1.807) is 0 Å². The molecule has 1 aliphatic heterocycles. The van der Waals surface area contributed by atoms with E-state index in [0.717, 1.165) is 32.4 Å². The van der Waals surface area contributed by atoms with Gasteiger partial charge in [0, 0.05) is 26.1 Å². The minimum absolute atomic E-state index is 0.0201. The summed E-state index contributed by atoms with van der Waals surface area (Å²) in [5, 5.41) is 14.8. The number of urea groups is 1. The first-order valence-electron chi connectivity index (χ1n) is 7.43. The Kier molecular flexibility index (Phi) is 7.36. The van der Waals surface area contributed by atoms with Crippen LogP contribution in [0.25, 0.3) is 0 Å². The van der Waals surface area contributed by atoms with Gasteiger partial charge in [0.25, 0.3) is 0 Å². The maximum absolute atomic E-state index is 12.0. The summed E-state index contributed by atoms with van der Waals surface area (Å²) in [5.74, 6) is -0.346. The molecule has 2 unspecified atom stereocenters. The fourth-order valence-corrected chi connectivity index (χ4v) is 2.67. The van der Waals surface area contributed by atoms with Crippen LogP contribution in [-0.2, 0) is 4.79 Å². The average molecular weight is 285 g/mol. The van der Waals surface area contributed by atoms with Crippen molar-refractivity contribution in [2.24, 2.45) is 11.8 Å². The molecule has 1 rings (SSSR count). The number of likely N-dealkylation sites (tertiary alicyclic amines) is 1. The summed E-state index contributed by atoms with van der Waals surface area (Å²) in [6.07, 6.45) is 3.06. The molecule has 116 valence electrons. The molecular weight excluding hydrogens is 258 g/mol. The predicted octanol–water partition coefficient (Wildman–Crippen LogP) is 1.13. The van der Waals surface area contributed by atoms with Gasteiger partial charge in [0.2, 0.25) is 0 Å². The minimum Gasteiger partial charge on any atom is -0.481 e. The third kappa shape index (κ3) is 5.77. The van der Waals surface area contributed by atoms with Crippen LogP contribution >= 0.6 is 0 Å². The number of aliphatic carboxylic acids is 1. The first-order chi connectivity index (χ1) is 9.54. The molecule has 0 saturated carbocycles. The molecule has 2 atom stereocenters. The Hall–Kier alpha value is -1.30. The summed E-state index contributed by atoms with van der Waals surface area (Å²) in [6, 6.07) is -0.0201. The SMILES string of the molecule is CNCCCNC(=O)N1CCCC(C(C)CC(=O)O)C1. The van der Waals surface area contributed by atoms with Crippen LogP contribution in [0, 0.1) is 11.8 Å². The molecule has 1 fully saturated rings. The van der Waals surface area contributed by atoms with Crippen LogP contribution in [0.4, 0.5) is 4.79 Å². The van der Waals surface area contributed by atoms with E-state index in [0.29, 0.717) is 19.0 Å². The smallest absolute Gasteiger partial charge is 0.317 e. The van der Waals surface area contributed by atoms with Crippen LogP contribution in [0.1, 0.15) is 32.6 Å². The van der Waals surface area contributed by atoms with Gasteiger partial charge in [-0.25, -0.2) is 4.79 Å². The molecule has 0 aromatic carbocycles. The summed E-state index contributed by atoms with van der Waals surface area (Å²) in [6.45, 7) is 4.97. The van der Waals surface area contributed by atoms with Gasteiger partial charge < -0.3 is 20.6 Å². The summed E-state index contributed by atoms with van der Waals surface area (Å²) < 4.78 is 0. The summed E-state index contributed by atoms with van der Waals surface area (Å²) in [7, 11) is 1.89. The second-order valence-corrected chi connectivity index (χ2v) is 5.61. The van der Waals surface area contributed by atoms with Gasteiger partial charge in [0.1, 0.15) is 0 Å². The largest absolute Gasteiger partial charge is 0.481 e. The molecule has 1 aliphatic rings. The monoisotopic (exact) mass is 285 g/mol. The fraction of sp³-hybridized carbons (Fsp3) is 0.857. The van der Waals surface area contributed by atoms with Crippen LogP contribution in [0.15, 0.2) is 0 Å².